The summed E-state index contributed by atoms with van der Waals surface area (Å²) < 4.78 is 8.14. The van der Waals surface area contributed by atoms with Crippen LogP contribution in [0.15, 0.2) is 55.7 Å². The van der Waals surface area contributed by atoms with Crippen molar-refractivity contribution in [2.24, 2.45) is 0 Å². The van der Waals surface area contributed by atoms with Crippen LogP contribution in [-0.4, -0.2) is 14.5 Å². The van der Waals surface area contributed by atoms with Crippen molar-refractivity contribution in [1.82, 2.24) is 14.5 Å². The highest BCUT2D eigenvalue weighted by atomic mass is 79.9. The molecule has 5 nitrogen and oxygen atoms in total. The van der Waals surface area contributed by atoms with Crippen LogP contribution in [0.4, 0.5) is 0 Å². The monoisotopic (exact) mass is 401 g/mol. The summed E-state index contributed by atoms with van der Waals surface area (Å²) in [4.78, 5) is 22.5. The molecule has 3 aromatic heterocycles. The lowest BCUT2D eigenvalue weighted by atomic mass is 10.2. The Hall–Kier alpha value is -2.25. The van der Waals surface area contributed by atoms with E-state index in [0.717, 1.165) is 15.0 Å². The van der Waals surface area contributed by atoms with Gasteiger partial charge in [-0.2, -0.15) is 0 Å². The summed E-state index contributed by atoms with van der Waals surface area (Å²) in [7, 11) is 0. The maximum absolute atomic E-state index is 12.7. The molecule has 1 aromatic carbocycles. The maximum Gasteiger partial charge on any atom is 0.261 e. The van der Waals surface area contributed by atoms with Gasteiger partial charge in [-0.15, -0.1) is 11.3 Å². The number of hydrogen-bond acceptors (Lipinski definition) is 5. The van der Waals surface area contributed by atoms with Gasteiger partial charge in [-0.3, -0.25) is 9.36 Å². The van der Waals surface area contributed by atoms with Gasteiger partial charge in [0.05, 0.1) is 28.7 Å². The van der Waals surface area contributed by atoms with Crippen LogP contribution in [0.2, 0.25) is 0 Å². The standard InChI is InChI=1S/C17H12BrN3O2S/c1-10-14(20-16(23-10)15-3-2-6-24-15)8-21-9-19-13-5-4-11(18)7-12(13)17(21)22/h2-7,9H,8H2,1H3. The molecule has 0 bridgehead atoms. The molecule has 0 aliphatic carbocycles. The summed E-state index contributed by atoms with van der Waals surface area (Å²) in [6, 6.07) is 9.39. The van der Waals surface area contributed by atoms with Gasteiger partial charge in [0.25, 0.3) is 5.56 Å². The van der Waals surface area contributed by atoms with Crippen LogP contribution in [0, 0.1) is 6.92 Å². The van der Waals surface area contributed by atoms with E-state index < -0.39 is 0 Å². The summed E-state index contributed by atoms with van der Waals surface area (Å²) in [6.07, 6.45) is 1.55. The van der Waals surface area contributed by atoms with Crippen molar-refractivity contribution in [3.63, 3.8) is 0 Å². The fraction of sp³-hybridized carbons (Fsp3) is 0.118. The minimum atomic E-state index is -0.0960. The van der Waals surface area contributed by atoms with E-state index >= 15 is 0 Å². The topological polar surface area (TPSA) is 60.9 Å². The molecule has 4 rings (SSSR count). The SMILES string of the molecule is Cc1oc(-c2cccs2)nc1Cn1cnc2ccc(Br)cc2c1=O. The number of fused-ring (bicyclic) bond motifs is 1. The molecule has 0 unspecified atom stereocenters. The van der Waals surface area contributed by atoms with E-state index in [-0.39, 0.29) is 5.56 Å². The van der Waals surface area contributed by atoms with E-state index in [1.54, 1.807) is 28.3 Å². The van der Waals surface area contributed by atoms with Gasteiger partial charge in [0.2, 0.25) is 5.89 Å². The molecular weight excluding hydrogens is 390 g/mol. The van der Waals surface area contributed by atoms with Crippen LogP contribution in [0.5, 0.6) is 0 Å². The first-order valence-electron chi connectivity index (χ1n) is 7.27. The average Bonchev–Trinajstić information content (AvgIpc) is 3.21. The number of oxazole rings is 1. The summed E-state index contributed by atoms with van der Waals surface area (Å²) >= 11 is 4.96. The van der Waals surface area contributed by atoms with E-state index in [9.17, 15) is 4.79 Å². The van der Waals surface area contributed by atoms with Gasteiger partial charge in [-0.05, 0) is 36.6 Å². The quantitative estimate of drug-likeness (QED) is 0.515. The largest absolute Gasteiger partial charge is 0.440 e. The molecule has 0 N–H and O–H groups in total. The maximum atomic E-state index is 12.7. The van der Waals surface area contributed by atoms with Gasteiger partial charge in [-0.25, -0.2) is 9.97 Å². The highest BCUT2D eigenvalue weighted by Gasteiger charge is 2.14. The van der Waals surface area contributed by atoms with Crippen molar-refractivity contribution in [3.8, 4) is 10.8 Å². The second-order valence-electron chi connectivity index (χ2n) is 5.34. The highest BCUT2D eigenvalue weighted by molar-refractivity contribution is 9.10. The lowest BCUT2D eigenvalue weighted by Gasteiger charge is -2.05. The molecule has 0 aliphatic heterocycles. The van der Waals surface area contributed by atoms with Crippen molar-refractivity contribution in [1.29, 1.82) is 0 Å². The smallest absolute Gasteiger partial charge is 0.261 e. The Balaban J connectivity index is 1.75. The molecule has 4 aromatic rings. The Kier molecular flexibility index (Phi) is 3.82. The zero-order valence-electron chi connectivity index (χ0n) is 12.7. The molecule has 120 valence electrons. The van der Waals surface area contributed by atoms with Crippen LogP contribution < -0.4 is 5.56 Å². The van der Waals surface area contributed by atoms with Crippen molar-refractivity contribution in [2.75, 3.05) is 0 Å². The lowest BCUT2D eigenvalue weighted by molar-refractivity contribution is 0.538. The first kappa shape index (κ1) is 15.3. The number of nitrogens with zero attached hydrogens (tertiary/aromatic N) is 3. The zero-order valence-corrected chi connectivity index (χ0v) is 15.1. The Bertz CT molecular complexity index is 1080. The zero-order chi connectivity index (χ0) is 16.7. The van der Waals surface area contributed by atoms with Crippen molar-refractivity contribution >= 4 is 38.2 Å². The molecule has 7 heteroatoms. The van der Waals surface area contributed by atoms with Crippen LogP contribution in [0.1, 0.15) is 11.5 Å². The number of rotatable bonds is 3. The first-order chi connectivity index (χ1) is 11.6. The predicted octanol–water partition coefficient (Wildman–Crippen LogP) is 4.23. The second kappa shape index (κ2) is 5.99. The Morgan fingerprint density at radius 2 is 2.21 bits per heavy atom. The summed E-state index contributed by atoms with van der Waals surface area (Å²) in [5.74, 6) is 1.29. The number of halogens is 1. The number of benzene rings is 1. The van der Waals surface area contributed by atoms with Gasteiger partial charge in [0.1, 0.15) is 11.5 Å². The fourth-order valence-electron chi connectivity index (χ4n) is 2.49. The third-order valence-electron chi connectivity index (χ3n) is 3.73. The van der Waals surface area contributed by atoms with Crippen molar-refractivity contribution < 1.29 is 4.42 Å². The number of aryl methyl sites for hydroxylation is 1. The number of aromatic nitrogens is 3. The van der Waals surface area contributed by atoms with Gasteiger partial charge >= 0.3 is 0 Å². The molecule has 0 saturated carbocycles. The van der Waals surface area contributed by atoms with Crippen molar-refractivity contribution in [3.05, 3.63) is 68.3 Å². The molecule has 0 saturated heterocycles. The van der Waals surface area contributed by atoms with Crippen LogP contribution in [0.3, 0.4) is 0 Å². The van der Waals surface area contributed by atoms with Crippen LogP contribution in [0.25, 0.3) is 21.7 Å². The minimum absolute atomic E-state index is 0.0960. The van der Waals surface area contributed by atoms with Crippen LogP contribution in [-0.2, 0) is 6.54 Å². The number of thiophene rings is 1. The molecule has 24 heavy (non-hydrogen) atoms. The van der Waals surface area contributed by atoms with E-state index in [1.807, 2.05) is 36.6 Å². The molecule has 0 radical (unpaired) electrons. The summed E-state index contributed by atoms with van der Waals surface area (Å²) in [6.45, 7) is 2.19. The predicted molar refractivity (Wildman–Crippen MR) is 97.4 cm³/mol. The van der Waals surface area contributed by atoms with Gasteiger partial charge in [-0.1, -0.05) is 22.0 Å². The molecule has 0 amide bonds. The third-order valence-corrected chi connectivity index (χ3v) is 5.08. The van der Waals surface area contributed by atoms with Gasteiger partial charge in [0, 0.05) is 4.47 Å². The van der Waals surface area contributed by atoms with Gasteiger partial charge in [0.15, 0.2) is 0 Å². The second-order valence-corrected chi connectivity index (χ2v) is 7.20. The summed E-state index contributed by atoms with van der Waals surface area (Å²) in [5.41, 5.74) is 1.31. The van der Waals surface area contributed by atoms with Crippen LogP contribution >= 0.6 is 27.3 Å². The summed E-state index contributed by atoms with van der Waals surface area (Å²) in [5, 5.41) is 2.55. The Labute approximate surface area is 149 Å². The molecule has 0 spiro atoms. The molecular formula is C17H12BrN3O2S. The van der Waals surface area contributed by atoms with E-state index in [4.69, 9.17) is 4.42 Å². The lowest BCUT2D eigenvalue weighted by Crippen LogP contribution is -2.21. The Morgan fingerprint density at radius 3 is 3.00 bits per heavy atom. The van der Waals surface area contributed by atoms with E-state index in [0.29, 0.717) is 29.1 Å². The third kappa shape index (κ3) is 2.70. The van der Waals surface area contributed by atoms with E-state index in [2.05, 4.69) is 25.9 Å². The van der Waals surface area contributed by atoms with E-state index in [1.165, 1.54) is 0 Å². The highest BCUT2D eigenvalue weighted by Crippen LogP contribution is 2.26. The fourth-order valence-corrected chi connectivity index (χ4v) is 3.50. The average molecular weight is 402 g/mol. The minimum Gasteiger partial charge on any atom is -0.440 e. The molecule has 0 atom stereocenters. The van der Waals surface area contributed by atoms with Crippen molar-refractivity contribution in [2.45, 2.75) is 13.5 Å². The molecule has 0 fully saturated rings. The molecule has 0 aliphatic rings. The Morgan fingerprint density at radius 1 is 1.33 bits per heavy atom. The normalized spacial score (nSPS) is 11.2. The molecule has 3 heterocycles. The first-order valence-corrected chi connectivity index (χ1v) is 8.94. The van der Waals surface area contributed by atoms with Gasteiger partial charge < -0.3 is 4.42 Å². The number of hydrogen-bond donors (Lipinski definition) is 0.